The second kappa shape index (κ2) is 4.21. The fourth-order valence-electron chi connectivity index (χ4n) is 2.98. The fraction of sp³-hybridized carbons (Fsp3) is 0.769. The van der Waals surface area contributed by atoms with Crippen LogP contribution in [0.2, 0.25) is 0 Å². The summed E-state index contributed by atoms with van der Waals surface area (Å²) in [4.78, 5) is 4.35. The van der Waals surface area contributed by atoms with Crippen LogP contribution in [0, 0.1) is 5.92 Å². The molecule has 1 aromatic rings. The molecule has 0 spiro atoms. The third-order valence-corrected chi connectivity index (χ3v) is 4.13. The zero-order valence-electron chi connectivity index (χ0n) is 10.0. The average molecular weight is 219 g/mol. The minimum absolute atomic E-state index is 0.550. The summed E-state index contributed by atoms with van der Waals surface area (Å²) in [5.74, 6) is 0.900. The summed E-state index contributed by atoms with van der Waals surface area (Å²) in [7, 11) is 0. The molecule has 1 saturated carbocycles. The number of hydrogen-bond donors (Lipinski definition) is 1. The SMILES string of the molecule is CCC1CC1n1cncc1C1CCCCN1. The monoisotopic (exact) mass is 219 g/mol. The summed E-state index contributed by atoms with van der Waals surface area (Å²) < 4.78 is 2.43. The fourth-order valence-corrected chi connectivity index (χ4v) is 2.98. The molecule has 16 heavy (non-hydrogen) atoms. The maximum Gasteiger partial charge on any atom is 0.0951 e. The maximum atomic E-state index is 4.35. The highest BCUT2D eigenvalue weighted by Crippen LogP contribution is 2.46. The minimum Gasteiger partial charge on any atom is -0.330 e. The Labute approximate surface area is 97.3 Å². The molecule has 1 N–H and O–H groups in total. The van der Waals surface area contributed by atoms with Crippen LogP contribution in [0.3, 0.4) is 0 Å². The number of hydrogen-bond acceptors (Lipinski definition) is 2. The molecule has 1 aromatic heterocycles. The molecule has 3 atom stereocenters. The van der Waals surface area contributed by atoms with Crippen LogP contribution in [-0.4, -0.2) is 16.1 Å². The Balaban J connectivity index is 1.77. The normalized spacial score (nSPS) is 33.9. The molecule has 0 radical (unpaired) electrons. The van der Waals surface area contributed by atoms with Gasteiger partial charge < -0.3 is 9.88 Å². The molecule has 2 fully saturated rings. The highest BCUT2D eigenvalue weighted by molar-refractivity contribution is 5.11. The number of rotatable bonds is 3. The van der Waals surface area contributed by atoms with Crippen molar-refractivity contribution in [2.45, 2.75) is 51.1 Å². The highest BCUT2D eigenvalue weighted by Gasteiger charge is 2.38. The lowest BCUT2D eigenvalue weighted by molar-refractivity contribution is 0.391. The molecule has 3 nitrogen and oxygen atoms in total. The van der Waals surface area contributed by atoms with Crippen LogP contribution in [0.15, 0.2) is 12.5 Å². The van der Waals surface area contributed by atoms with Crippen molar-refractivity contribution in [3.05, 3.63) is 18.2 Å². The first-order valence-corrected chi connectivity index (χ1v) is 6.65. The first-order valence-electron chi connectivity index (χ1n) is 6.65. The molecule has 0 amide bonds. The molecule has 3 heteroatoms. The van der Waals surface area contributed by atoms with Crippen LogP contribution in [0.25, 0.3) is 0 Å². The number of imidazole rings is 1. The van der Waals surface area contributed by atoms with E-state index in [-0.39, 0.29) is 0 Å². The van der Waals surface area contributed by atoms with Gasteiger partial charge in [0.1, 0.15) is 0 Å². The van der Waals surface area contributed by atoms with E-state index in [0.29, 0.717) is 6.04 Å². The molecule has 1 aliphatic carbocycles. The molecule has 3 unspecified atom stereocenters. The van der Waals surface area contributed by atoms with E-state index in [9.17, 15) is 0 Å². The van der Waals surface area contributed by atoms with Crippen molar-refractivity contribution >= 4 is 0 Å². The van der Waals surface area contributed by atoms with Gasteiger partial charge in [0.2, 0.25) is 0 Å². The van der Waals surface area contributed by atoms with Crippen molar-refractivity contribution in [3.8, 4) is 0 Å². The van der Waals surface area contributed by atoms with Crippen molar-refractivity contribution in [3.63, 3.8) is 0 Å². The topological polar surface area (TPSA) is 29.9 Å². The molecule has 1 aliphatic heterocycles. The summed E-state index contributed by atoms with van der Waals surface area (Å²) in [6, 6.07) is 1.29. The number of piperidine rings is 1. The van der Waals surface area contributed by atoms with Crippen molar-refractivity contribution in [1.29, 1.82) is 0 Å². The van der Waals surface area contributed by atoms with E-state index in [1.165, 1.54) is 37.8 Å². The smallest absolute Gasteiger partial charge is 0.0951 e. The molecular formula is C13H21N3. The molecule has 3 rings (SSSR count). The largest absolute Gasteiger partial charge is 0.330 e. The Morgan fingerprint density at radius 3 is 3.12 bits per heavy atom. The van der Waals surface area contributed by atoms with Gasteiger partial charge >= 0.3 is 0 Å². The highest BCUT2D eigenvalue weighted by atomic mass is 15.1. The second-order valence-corrected chi connectivity index (χ2v) is 5.20. The first-order chi connectivity index (χ1) is 7.90. The van der Waals surface area contributed by atoms with Crippen LogP contribution in [-0.2, 0) is 0 Å². The van der Waals surface area contributed by atoms with E-state index in [0.717, 1.165) is 18.5 Å². The molecule has 1 saturated heterocycles. The number of nitrogens with zero attached hydrogens (tertiary/aromatic N) is 2. The van der Waals surface area contributed by atoms with Crippen molar-refractivity contribution in [2.24, 2.45) is 5.92 Å². The second-order valence-electron chi connectivity index (χ2n) is 5.20. The predicted molar refractivity (Wildman–Crippen MR) is 64.3 cm³/mol. The summed E-state index contributed by atoms with van der Waals surface area (Å²) in [6.45, 7) is 3.46. The third-order valence-electron chi connectivity index (χ3n) is 4.13. The van der Waals surface area contributed by atoms with Gasteiger partial charge in [-0.2, -0.15) is 0 Å². The van der Waals surface area contributed by atoms with Gasteiger partial charge in [0, 0.05) is 18.3 Å². The lowest BCUT2D eigenvalue weighted by Gasteiger charge is -2.24. The standard InChI is InChI=1S/C13H21N3/c1-2-10-7-12(10)16-9-14-8-13(16)11-5-3-4-6-15-11/h8-12,15H,2-7H2,1H3. The zero-order chi connectivity index (χ0) is 11.0. The van der Waals surface area contributed by atoms with Crippen LogP contribution in [0.1, 0.15) is 56.8 Å². The van der Waals surface area contributed by atoms with Crippen LogP contribution < -0.4 is 5.32 Å². The van der Waals surface area contributed by atoms with E-state index < -0.39 is 0 Å². The Bertz CT molecular complexity index is 352. The van der Waals surface area contributed by atoms with Crippen molar-refractivity contribution < 1.29 is 0 Å². The zero-order valence-corrected chi connectivity index (χ0v) is 10.0. The minimum atomic E-state index is 0.550. The van der Waals surface area contributed by atoms with Crippen molar-refractivity contribution in [2.75, 3.05) is 6.54 Å². The Morgan fingerprint density at radius 2 is 2.44 bits per heavy atom. The van der Waals surface area contributed by atoms with Gasteiger partial charge in [0.15, 0.2) is 0 Å². The van der Waals surface area contributed by atoms with E-state index in [1.807, 2.05) is 6.33 Å². The number of aromatic nitrogens is 2. The van der Waals surface area contributed by atoms with Gasteiger partial charge in [-0.1, -0.05) is 19.8 Å². The maximum absolute atomic E-state index is 4.35. The predicted octanol–water partition coefficient (Wildman–Crippen LogP) is 2.67. The molecule has 0 aromatic carbocycles. The Kier molecular flexibility index (Phi) is 2.72. The van der Waals surface area contributed by atoms with E-state index in [4.69, 9.17) is 0 Å². The van der Waals surface area contributed by atoms with Gasteiger partial charge in [-0.25, -0.2) is 4.98 Å². The van der Waals surface area contributed by atoms with Gasteiger partial charge in [-0.3, -0.25) is 0 Å². The summed E-state index contributed by atoms with van der Waals surface area (Å²) in [5, 5.41) is 3.62. The quantitative estimate of drug-likeness (QED) is 0.847. The lowest BCUT2D eigenvalue weighted by atomic mass is 10.0. The molecule has 2 aliphatic rings. The van der Waals surface area contributed by atoms with E-state index in [2.05, 4.69) is 28.0 Å². The van der Waals surface area contributed by atoms with E-state index >= 15 is 0 Å². The average Bonchev–Trinajstić information content (AvgIpc) is 2.97. The lowest BCUT2D eigenvalue weighted by Crippen LogP contribution is -2.28. The van der Waals surface area contributed by atoms with Gasteiger partial charge in [0.25, 0.3) is 0 Å². The van der Waals surface area contributed by atoms with Gasteiger partial charge in [0.05, 0.1) is 12.0 Å². The van der Waals surface area contributed by atoms with Crippen LogP contribution in [0.5, 0.6) is 0 Å². The molecule has 0 bridgehead atoms. The van der Waals surface area contributed by atoms with Crippen molar-refractivity contribution in [1.82, 2.24) is 14.9 Å². The summed E-state index contributed by atoms with van der Waals surface area (Å²) in [5.41, 5.74) is 1.42. The van der Waals surface area contributed by atoms with Gasteiger partial charge in [-0.05, 0) is 31.7 Å². The van der Waals surface area contributed by atoms with E-state index in [1.54, 1.807) is 0 Å². The first kappa shape index (κ1) is 10.3. The molecule has 88 valence electrons. The summed E-state index contributed by atoms with van der Waals surface area (Å²) >= 11 is 0. The molecular weight excluding hydrogens is 198 g/mol. The third kappa shape index (κ3) is 1.77. The Morgan fingerprint density at radius 1 is 1.50 bits per heavy atom. The summed E-state index contributed by atoms with van der Waals surface area (Å²) in [6.07, 6.45) is 10.7. The van der Waals surface area contributed by atoms with Crippen LogP contribution >= 0.6 is 0 Å². The molecule has 2 heterocycles. The number of nitrogens with one attached hydrogen (secondary N) is 1. The Hall–Kier alpha value is -0.830. The van der Waals surface area contributed by atoms with Crippen LogP contribution in [0.4, 0.5) is 0 Å². The van der Waals surface area contributed by atoms with Gasteiger partial charge in [-0.15, -0.1) is 0 Å².